The number of ether oxygens (including phenoxy) is 1. The minimum Gasteiger partial charge on any atom is -0.452 e. The lowest BCUT2D eigenvalue weighted by Gasteiger charge is -2.11. The topological polar surface area (TPSA) is 84.5 Å². The Morgan fingerprint density at radius 2 is 1.71 bits per heavy atom. The summed E-state index contributed by atoms with van der Waals surface area (Å²) in [5.41, 5.74) is 0.760. The Labute approximate surface area is 166 Å². The number of rotatable bonds is 8. The van der Waals surface area contributed by atoms with Gasteiger partial charge in [-0.2, -0.15) is 0 Å². The molecule has 0 fully saturated rings. The minimum atomic E-state index is -0.638. The van der Waals surface area contributed by atoms with Crippen LogP contribution in [0, 0.1) is 5.82 Å². The van der Waals surface area contributed by atoms with Crippen molar-refractivity contribution in [3.63, 3.8) is 0 Å². The van der Waals surface area contributed by atoms with Crippen molar-refractivity contribution < 1.29 is 23.5 Å². The first kappa shape index (κ1) is 21.4. The molecule has 0 aliphatic heterocycles. The first-order valence-electron chi connectivity index (χ1n) is 8.59. The molecule has 0 saturated carbocycles. The van der Waals surface area contributed by atoms with Crippen LogP contribution in [0.25, 0.3) is 0 Å². The highest BCUT2D eigenvalue weighted by molar-refractivity contribution is 8.00. The van der Waals surface area contributed by atoms with Gasteiger partial charge in [-0.05, 0) is 50.2 Å². The quantitative estimate of drug-likeness (QED) is 0.521. The molecule has 2 amide bonds. The summed E-state index contributed by atoms with van der Waals surface area (Å²) in [5.74, 6) is -1.65. The first-order chi connectivity index (χ1) is 13.3. The van der Waals surface area contributed by atoms with Crippen LogP contribution in [-0.2, 0) is 14.3 Å². The van der Waals surface area contributed by atoms with E-state index in [-0.39, 0.29) is 41.6 Å². The highest BCUT2D eigenvalue weighted by Crippen LogP contribution is 2.23. The van der Waals surface area contributed by atoms with Gasteiger partial charge in [-0.3, -0.25) is 9.59 Å². The highest BCUT2D eigenvalue weighted by Gasteiger charge is 2.16. The van der Waals surface area contributed by atoms with Crippen LogP contribution in [0.1, 0.15) is 24.2 Å². The molecular formula is C20H21FN2O4S. The predicted octanol–water partition coefficient (Wildman–Crippen LogP) is 3.24. The number of hydrogen-bond donors (Lipinski definition) is 2. The molecule has 8 heteroatoms. The number of benzene rings is 2. The molecule has 0 bridgehead atoms. The van der Waals surface area contributed by atoms with Crippen molar-refractivity contribution in [1.29, 1.82) is 0 Å². The van der Waals surface area contributed by atoms with Crippen LogP contribution in [0.4, 0.5) is 10.1 Å². The van der Waals surface area contributed by atoms with E-state index < -0.39 is 5.97 Å². The second-order valence-corrected chi connectivity index (χ2v) is 7.16. The van der Waals surface area contributed by atoms with Gasteiger partial charge in [0.25, 0.3) is 5.91 Å². The second kappa shape index (κ2) is 10.5. The zero-order valence-electron chi connectivity index (χ0n) is 15.5. The standard InChI is InChI=1S/C20H21FN2O4S/c1-13(2)22-18(24)11-27-20(26)16-5-3-4-6-17(16)28-12-19(25)23-15-9-7-14(21)8-10-15/h3-10,13H,11-12H2,1-2H3,(H,22,24)(H,23,25). The third-order valence-corrected chi connectivity index (χ3v) is 4.45. The monoisotopic (exact) mass is 404 g/mol. The number of amides is 2. The molecule has 0 aliphatic carbocycles. The number of anilines is 1. The maximum atomic E-state index is 12.9. The van der Waals surface area contributed by atoms with Gasteiger partial charge in [-0.1, -0.05) is 12.1 Å². The van der Waals surface area contributed by atoms with Gasteiger partial charge in [0.05, 0.1) is 11.3 Å². The molecule has 2 aromatic rings. The van der Waals surface area contributed by atoms with Gasteiger partial charge in [0.15, 0.2) is 6.61 Å². The molecule has 0 heterocycles. The number of carbonyl (C=O) groups is 3. The zero-order valence-corrected chi connectivity index (χ0v) is 16.3. The smallest absolute Gasteiger partial charge is 0.339 e. The van der Waals surface area contributed by atoms with Crippen molar-refractivity contribution >= 4 is 35.2 Å². The predicted molar refractivity (Wildman–Crippen MR) is 106 cm³/mol. The molecule has 2 aromatic carbocycles. The molecule has 6 nitrogen and oxygen atoms in total. The summed E-state index contributed by atoms with van der Waals surface area (Å²) in [6.45, 7) is 3.24. The summed E-state index contributed by atoms with van der Waals surface area (Å²) in [7, 11) is 0. The van der Waals surface area contributed by atoms with Crippen molar-refractivity contribution in [2.45, 2.75) is 24.8 Å². The highest BCUT2D eigenvalue weighted by atomic mass is 32.2. The lowest BCUT2D eigenvalue weighted by Crippen LogP contribution is -2.34. The number of esters is 1. The summed E-state index contributed by atoms with van der Waals surface area (Å²) in [4.78, 5) is 36.5. The fourth-order valence-corrected chi connectivity index (χ4v) is 3.05. The van der Waals surface area contributed by atoms with Crippen LogP contribution >= 0.6 is 11.8 Å². The van der Waals surface area contributed by atoms with Gasteiger partial charge in [0.2, 0.25) is 5.91 Å². The van der Waals surface area contributed by atoms with Crippen LogP contribution < -0.4 is 10.6 Å². The van der Waals surface area contributed by atoms with Gasteiger partial charge >= 0.3 is 5.97 Å². The molecule has 28 heavy (non-hydrogen) atoms. The Balaban J connectivity index is 1.91. The van der Waals surface area contributed by atoms with Crippen molar-refractivity contribution in [2.75, 3.05) is 17.7 Å². The van der Waals surface area contributed by atoms with Gasteiger partial charge in [0.1, 0.15) is 5.82 Å². The summed E-state index contributed by atoms with van der Waals surface area (Å²) < 4.78 is 17.9. The van der Waals surface area contributed by atoms with Crippen LogP contribution in [0.3, 0.4) is 0 Å². The third kappa shape index (κ3) is 7.03. The van der Waals surface area contributed by atoms with Crippen molar-refractivity contribution in [3.05, 3.63) is 59.9 Å². The van der Waals surface area contributed by atoms with E-state index in [1.807, 2.05) is 13.8 Å². The molecule has 2 rings (SSSR count). The SMILES string of the molecule is CC(C)NC(=O)COC(=O)c1ccccc1SCC(=O)Nc1ccc(F)cc1. The third-order valence-electron chi connectivity index (χ3n) is 3.38. The number of halogens is 1. The second-order valence-electron chi connectivity index (χ2n) is 6.14. The number of carbonyl (C=O) groups excluding carboxylic acids is 3. The molecule has 2 N–H and O–H groups in total. The average Bonchev–Trinajstić information content (AvgIpc) is 2.66. The lowest BCUT2D eigenvalue weighted by atomic mass is 10.2. The Bertz CT molecular complexity index is 840. The van der Waals surface area contributed by atoms with Gasteiger partial charge in [-0.15, -0.1) is 11.8 Å². The van der Waals surface area contributed by atoms with Crippen LogP contribution in [-0.4, -0.2) is 36.2 Å². The van der Waals surface area contributed by atoms with E-state index >= 15 is 0 Å². The summed E-state index contributed by atoms with van der Waals surface area (Å²) in [6.07, 6.45) is 0. The fraction of sp³-hybridized carbons (Fsp3) is 0.250. The molecular weight excluding hydrogens is 383 g/mol. The molecule has 0 radical (unpaired) electrons. The van der Waals surface area contributed by atoms with Crippen LogP contribution in [0.15, 0.2) is 53.4 Å². The Morgan fingerprint density at radius 3 is 2.39 bits per heavy atom. The number of hydrogen-bond acceptors (Lipinski definition) is 5. The van der Waals surface area contributed by atoms with E-state index in [0.717, 1.165) is 11.8 Å². The first-order valence-corrected chi connectivity index (χ1v) is 9.57. The Hall–Kier alpha value is -2.87. The lowest BCUT2D eigenvalue weighted by molar-refractivity contribution is -0.124. The van der Waals surface area contributed by atoms with Gasteiger partial charge in [-0.25, -0.2) is 9.18 Å². The molecule has 0 saturated heterocycles. The van der Waals surface area contributed by atoms with E-state index in [9.17, 15) is 18.8 Å². The summed E-state index contributed by atoms with van der Waals surface area (Å²) in [6, 6.07) is 12.1. The average molecular weight is 404 g/mol. The molecule has 0 aliphatic rings. The van der Waals surface area contributed by atoms with Crippen molar-refractivity contribution in [1.82, 2.24) is 5.32 Å². The van der Waals surface area contributed by atoms with Crippen LogP contribution in [0.2, 0.25) is 0 Å². The molecule has 0 spiro atoms. The normalized spacial score (nSPS) is 10.4. The van der Waals surface area contributed by atoms with E-state index in [1.165, 1.54) is 24.3 Å². The van der Waals surface area contributed by atoms with Gasteiger partial charge < -0.3 is 15.4 Å². The Kier molecular flexibility index (Phi) is 8.01. The van der Waals surface area contributed by atoms with E-state index in [4.69, 9.17) is 4.74 Å². The molecule has 0 unspecified atom stereocenters. The minimum absolute atomic E-state index is 0.0475. The fourth-order valence-electron chi connectivity index (χ4n) is 2.21. The number of nitrogens with one attached hydrogen (secondary N) is 2. The van der Waals surface area contributed by atoms with Crippen molar-refractivity contribution in [3.8, 4) is 0 Å². The molecule has 0 aromatic heterocycles. The summed E-state index contributed by atoms with van der Waals surface area (Å²) in [5, 5.41) is 5.28. The number of thioether (sulfide) groups is 1. The van der Waals surface area contributed by atoms with E-state index in [0.29, 0.717) is 10.6 Å². The molecule has 0 atom stereocenters. The maximum absolute atomic E-state index is 12.9. The molecule has 148 valence electrons. The largest absolute Gasteiger partial charge is 0.452 e. The Morgan fingerprint density at radius 1 is 1.04 bits per heavy atom. The van der Waals surface area contributed by atoms with Gasteiger partial charge in [0, 0.05) is 16.6 Å². The van der Waals surface area contributed by atoms with Crippen molar-refractivity contribution in [2.24, 2.45) is 0 Å². The van der Waals surface area contributed by atoms with E-state index in [2.05, 4.69) is 10.6 Å². The maximum Gasteiger partial charge on any atom is 0.339 e. The van der Waals surface area contributed by atoms with Crippen LogP contribution in [0.5, 0.6) is 0 Å². The zero-order chi connectivity index (χ0) is 20.5. The van der Waals surface area contributed by atoms with E-state index in [1.54, 1.807) is 24.3 Å². The summed E-state index contributed by atoms with van der Waals surface area (Å²) >= 11 is 1.16.